The van der Waals surface area contributed by atoms with Crippen LogP contribution in [-0.2, 0) is 12.8 Å². The van der Waals surface area contributed by atoms with Crippen molar-refractivity contribution in [1.82, 2.24) is 4.98 Å². The zero-order chi connectivity index (χ0) is 17.6. The third-order valence-corrected chi connectivity index (χ3v) is 5.03. The molecule has 26 heavy (non-hydrogen) atoms. The molecule has 0 saturated carbocycles. The lowest BCUT2D eigenvalue weighted by atomic mass is 9.89. The van der Waals surface area contributed by atoms with Gasteiger partial charge in [-0.1, -0.05) is 32.0 Å². The lowest BCUT2D eigenvalue weighted by Crippen LogP contribution is -2.25. The Labute approximate surface area is 173 Å². The maximum Gasteiger partial charge on any atom is 0.193 e. The Morgan fingerprint density at radius 3 is 2.73 bits per heavy atom. The molecule has 1 unspecified atom stereocenters. The van der Waals surface area contributed by atoms with Crippen molar-refractivity contribution in [2.24, 2.45) is 16.6 Å². The van der Waals surface area contributed by atoms with Gasteiger partial charge in [-0.25, -0.2) is 0 Å². The molecule has 1 atom stereocenters. The van der Waals surface area contributed by atoms with Gasteiger partial charge in [0.1, 0.15) is 0 Å². The van der Waals surface area contributed by atoms with Crippen molar-refractivity contribution in [3.63, 3.8) is 0 Å². The molecule has 140 valence electrons. The number of nitrogens with zero attached hydrogens (tertiary/aromatic N) is 2. The van der Waals surface area contributed by atoms with Crippen LogP contribution in [-0.4, -0.2) is 17.5 Å². The standard InChI is InChI=1S/C21H28N4.HI/c1-15(2)19(17-9-6-12-23-13-17)14-24-21(22)25-20-11-5-8-16-7-3-4-10-18(16)20;/h5-6,8-9,11-13,15,19H,3-4,7,10,14H2,1-2H3,(H3,22,24,25);1H. The van der Waals surface area contributed by atoms with Crippen LogP contribution < -0.4 is 11.1 Å². The Hall–Kier alpha value is -1.63. The van der Waals surface area contributed by atoms with Gasteiger partial charge in [-0.15, -0.1) is 24.0 Å². The topological polar surface area (TPSA) is 63.3 Å². The van der Waals surface area contributed by atoms with Gasteiger partial charge in [0.15, 0.2) is 5.96 Å². The number of guanidine groups is 1. The maximum atomic E-state index is 6.19. The highest BCUT2D eigenvalue weighted by Crippen LogP contribution is 2.28. The number of rotatable bonds is 5. The Bertz CT molecular complexity index is 728. The van der Waals surface area contributed by atoms with Crippen LogP contribution in [0.2, 0.25) is 0 Å². The fourth-order valence-corrected chi connectivity index (χ4v) is 3.57. The van der Waals surface area contributed by atoms with Gasteiger partial charge in [0.05, 0.1) is 0 Å². The van der Waals surface area contributed by atoms with Gasteiger partial charge in [0.2, 0.25) is 0 Å². The summed E-state index contributed by atoms with van der Waals surface area (Å²) in [5, 5.41) is 3.33. The van der Waals surface area contributed by atoms with Crippen LogP contribution in [0.1, 0.15) is 49.3 Å². The van der Waals surface area contributed by atoms with Gasteiger partial charge >= 0.3 is 0 Å². The van der Waals surface area contributed by atoms with E-state index in [1.807, 2.05) is 12.3 Å². The molecule has 0 saturated heterocycles. The number of fused-ring (bicyclic) bond motifs is 1. The van der Waals surface area contributed by atoms with E-state index in [1.54, 1.807) is 6.20 Å². The molecule has 0 fully saturated rings. The van der Waals surface area contributed by atoms with Crippen molar-refractivity contribution < 1.29 is 0 Å². The van der Waals surface area contributed by atoms with Gasteiger partial charge in [0, 0.05) is 30.5 Å². The molecule has 4 nitrogen and oxygen atoms in total. The molecule has 1 aliphatic rings. The first-order chi connectivity index (χ1) is 12.1. The molecule has 2 aromatic rings. The van der Waals surface area contributed by atoms with Crippen molar-refractivity contribution >= 4 is 35.6 Å². The first-order valence-electron chi connectivity index (χ1n) is 9.23. The molecular weight excluding hydrogens is 435 g/mol. The number of nitrogens with one attached hydrogen (secondary N) is 1. The maximum absolute atomic E-state index is 6.19. The largest absolute Gasteiger partial charge is 0.370 e. The number of halogens is 1. The smallest absolute Gasteiger partial charge is 0.193 e. The van der Waals surface area contributed by atoms with Gasteiger partial charge in [0.25, 0.3) is 0 Å². The number of hydrogen-bond acceptors (Lipinski definition) is 2. The molecule has 1 aliphatic carbocycles. The summed E-state index contributed by atoms with van der Waals surface area (Å²) in [5.74, 6) is 1.29. The fraction of sp³-hybridized carbons (Fsp3) is 0.429. The van der Waals surface area contributed by atoms with Gasteiger partial charge in [-0.05, 0) is 60.4 Å². The number of anilines is 1. The third-order valence-electron chi connectivity index (χ3n) is 5.03. The molecule has 0 spiro atoms. The molecule has 1 aromatic heterocycles. The summed E-state index contributed by atoms with van der Waals surface area (Å²) < 4.78 is 0. The molecule has 3 N–H and O–H groups in total. The number of aliphatic imine (C=N–C) groups is 1. The SMILES string of the molecule is CC(C)C(CN=C(N)Nc1cccc2c1CCCC2)c1cccnc1.I. The summed E-state index contributed by atoms with van der Waals surface area (Å²) in [6.07, 6.45) is 8.55. The second-order valence-corrected chi connectivity index (χ2v) is 7.14. The van der Waals surface area contributed by atoms with E-state index in [2.05, 4.69) is 53.4 Å². The first-order valence-corrected chi connectivity index (χ1v) is 9.23. The molecule has 5 heteroatoms. The monoisotopic (exact) mass is 464 g/mol. The highest BCUT2D eigenvalue weighted by Gasteiger charge is 2.16. The van der Waals surface area contributed by atoms with Gasteiger partial charge < -0.3 is 11.1 Å². The van der Waals surface area contributed by atoms with Crippen LogP contribution >= 0.6 is 24.0 Å². The first kappa shape index (κ1) is 20.7. The summed E-state index contributed by atoms with van der Waals surface area (Å²) in [5.41, 5.74) is 11.4. The minimum Gasteiger partial charge on any atom is -0.370 e. The fourth-order valence-electron chi connectivity index (χ4n) is 3.57. The van der Waals surface area contributed by atoms with E-state index in [0.29, 0.717) is 24.3 Å². The second kappa shape index (κ2) is 9.90. The van der Waals surface area contributed by atoms with Gasteiger partial charge in [-0.2, -0.15) is 0 Å². The van der Waals surface area contributed by atoms with Crippen LogP contribution in [0.3, 0.4) is 0 Å². The highest BCUT2D eigenvalue weighted by atomic mass is 127. The second-order valence-electron chi connectivity index (χ2n) is 7.14. The van der Waals surface area contributed by atoms with E-state index < -0.39 is 0 Å². The summed E-state index contributed by atoms with van der Waals surface area (Å²) in [4.78, 5) is 8.86. The minimum atomic E-state index is 0. The van der Waals surface area contributed by atoms with E-state index in [1.165, 1.54) is 36.0 Å². The highest BCUT2D eigenvalue weighted by molar-refractivity contribution is 14.0. The summed E-state index contributed by atoms with van der Waals surface area (Å²) in [6, 6.07) is 10.5. The predicted octanol–water partition coefficient (Wildman–Crippen LogP) is 4.74. The Balaban J connectivity index is 0.00000243. The molecule has 1 aromatic carbocycles. The van der Waals surface area contributed by atoms with Crippen molar-refractivity contribution in [1.29, 1.82) is 0 Å². The zero-order valence-corrected chi connectivity index (χ0v) is 17.9. The molecule has 3 rings (SSSR count). The number of aromatic nitrogens is 1. The quantitative estimate of drug-likeness (QED) is 0.382. The van der Waals surface area contributed by atoms with Gasteiger partial charge in [-0.3, -0.25) is 9.98 Å². The summed E-state index contributed by atoms with van der Waals surface area (Å²) >= 11 is 0. The van der Waals surface area contributed by atoms with Crippen molar-refractivity contribution in [3.05, 3.63) is 59.4 Å². The average Bonchev–Trinajstić information content (AvgIpc) is 2.63. The Kier molecular flexibility index (Phi) is 7.87. The van der Waals surface area contributed by atoms with Crippen LogP contribution in [0.15, 0.2) is 47.7 Å². The third kappa shape index (κ3) is 5.19. The van der Waals surface area contributed by atoms with Crippen LogP contribution in [0, 0.1) is 5.92 Å². The zero-order valence-electron chi connectivity index (χ0n) is 15.6. The lowest BCUT2D eigenvalue weighted by Gasteiger charge is -2.21. The van der Waals surface area contributed by atoms with Crippen LogP contribution in [0.5, 0.6) is 0 Å². The van der Waals surface area contributed by atoms with Crippen LogP contribution in [0.25, 0.3) is 0 Å². The average molecular weight is 464 g/mol. The number of benzene rings is 1. The van der Waals surface area contributed by atoms with Crippen molar-refractivity contribution in [2.75, 3.05) is 11.9 Å². The van der Waals surface area contributed by atoms with E-state index in [0.717, 1.165) is 12.1 Å². The molecule has 0 bridgehead atoms. The van der Waals surface area contributed by atoms with Crippen molar-refractivity contribution in [3.8, 4) is 0 Å². The number of pyridine rings is 1. The van der Waals surface area contributed by atoms with E-state index in [9.17, 15) is 0 Å². The molecule has 0 amide bonds. The normalized spacial score (nSPS) is 15.1. The molecular formula is C21H29IN4. The predicted molar refractivity (Wildman–Crippen MR) is 120 cm³/mol. The molecule has 1 heterocycles. The lowest BCUT2D eigenvalue weighted by molar-refractivity contribution is 0.506. The minimum absolute atomic E-state index is 0. The van der Waals surface area contributed by atoms with E-state index in [-0.39, 0.29) is 24.0 Å². The Morgan fingerprint density at radius 2 is 2.00 bits per heavy atom. The number of aryl methyl sites for hydroxylation is 1. The van der Waals surface area contributed by atoms with Crippen LogP contribution in [0.4, 0.5) is 5.69 Å². The Morgan fingerprint density at radius 1 is 1.19 bits per heavy atom. The number of nitrogens with two attached hydrogens (primary N) is 1. The van der Waals surface area contributed by atoms with E-state index in [4.69, 9.17) is 5.73 Å². The molecule has 0 aliphatic heterocycles. The summed E-state index contributed by atoms with van der Waals surface area (Å²) in [6.45, 7) is 5.09. The van der Waals surface area contributed by atoms with E-state index >= 15 is 0 Å². The molecule has 0 radical (unpaired) electrons. The van der Waals surface area contributed by atoms with Crippen molar-refractivity contribution in [2.45, 2.75) is 45.4 Å². The summed E-state index contributed by atoms with van der Waals surface area (Å²) in [7, 11) is 0. The number of hydrogen-bond donors (Lipinski definition) is 2.